The lowest BCUT2D eigenvalue weighted by atomic mass is 10.0. The molecule has 0 aliphatic carbocycles. The van der Waals surface area contributed by atoms with Crippen molar-refractivity contribution >= 4 is 11.0 Å². The van der Waals surface area contributed by atoms with Crippen molar-refractivity contribution < 1.29 is 4.74 Å². The van der Waals surface area contributed by atoms with Gasteiger partial charge in [0, 0.05) is 24.1 Å². The maximum Gasteiger partial charge on any atom is 0.221 e. The molecular formula is C20H17N3O. The molecule has 0 aliphatic rings. The van der Waals surface area contributed by atoms with Gasteiger partial charge in [0.15, 0.2) is 5.65 Å². The Morgan fingerprint density at radius 1 is 0.958 bits per heavy atom. The molecule has 0 unspecified atom stereocenters. The average molecular weight is 315 g/mol. The summed E-state index contributed by atoms with van der Waals surface area (Å²) in [6, 6.07) is 20.2. The first-order valence-corrected chi connectivity index (χ1v) is 7.83. The lowest BCUT2D eigenvalue weighted by Crippen LogP contribution is -1.95. The van der Waals surface area contributed by atoms with Crippen LogP contribution < -0.4 is 4.74 Å². The Morgan fingerprint density at radius 2 is 1.83 bits per heavy atom. The van der Waals surface area contributed by atoms with Crippen LogP contribution in [0.15, 0.2) is 66.9 Å². The van der Waals surface area contributed by atoms with Crippen LogP contribution >= 0.6 is 0 Å². The number of aromatic nitrogens is 3. The highest BCUT2D eigenvalue weighted by Gasteiger charge is 2.09. The molecule has 2 aromatic carbocycles. The van der Waals surface area contributed by atoms with Gasteiger partial charge in [0.1, 0.15) is 5.75 Å². The molecule has 0 spiro atoms. The van der Waals surface area contributed by atoms with Gasteiger partial charge in [-0.1, -0.05) is 48.0 Å². The number of nitrogens with zero attached hydrogens (tertiary/aromatic N) is 3. The first-order chi connectivity index (χ1) is 11.7. The molecule has 0 saturated carbocycles. The van der Waals surface area contributed by atoms with Gasteiger partial charge in [-0.3, -0.25) is 4.68 Å². The molecule has 0 radical (unpaired) electrons. The lowest BCUT2D eigenvalue weighted by molar-refractivity contribution is 0.466. The Balaban J connectivity index is 1.75. The van der Waals surface area contributed by atoms with Crippen LogP contribution in [0.3, 0.4) is 0 Å². The molecule has 2 aromatic heterocycles. The van der Waals surface area contributed by atoms with Gasteiger partial charge in [-0.2, -0.15) is 10.1 Å². The number of rotatable bonds is 3. The molecule has 24 heavy (non-hydrogen) atoms. The van der Waals surface area contributed by atoms with E-state index in [1.807, 2.05) is 37.4 Å². The summed E-state index contributed by atoms with van der Waals surface area (Å²) in [5.74, 6) is 1.35. The molecule has 0 fully saturated rings. The van der Waals surface area contributed by atoms with Crippen molar-refractivity contribution in [2.45, 2.75) is 6.92 Å². The lowest BCUT2D eigenvalue weighted by Gasteiger charge is -2.11. The number of fused-ring (bicyclic) bond motifs is 1. The van der Waals surface area contributed by atoms with Crippen molar-refractivity contribution in [3.8, 4) is 22.8 Å². The maximum atomic E-state index is 6.08. The molecule has 4 rings (SSSR count). The zero-order valence-electron chi connectivity index (χ0n) is 13.6. The Hall–Kier alpha value is -3.14. The van der Waals surface area contributed by atoms with Crippen molar-refractivity contribution in [3.05, 3.63) is 72.4 Å². The summed E-state index contributed by atoms with van der Waals surface area (Å²) in [6.45, 7) is 2.09. The largest absolute Gasteiger partial charge is 0.438 e. The van der Waals surface area contributed by atoms with Crippen LogP contribution in [-0.2, 0) is 7.05 Å². The topological polar surface area (TPSA) is 39.9 Å². The molecule has 0 saturated heterocycles. The normalized spacial score (nSPS) is 10.9. The quantitative estimate of drug-likeness (QED) is 0.548. The maximum absolute atomic E-state index is 6.08. The van der Waals surface area contributed by atoms with E-state index >= 15 is 0 Å². The van der Waals surface area contributed by atoms with E-state index in [1.165, 1.54) is 5.56 Å². The molecule has 4 nitrogen and oxygen atoms in total. The van der Waals surface area contributed by atoms with E-state index in [-0.39, 0.29) is 0 Å². The molecule has 0 N–H and O–H groups in total. The molecule has 0 bridgehead atoms. The fraction of sp³-hybridized carbons (Fsp3) is 0.100. The molecule has 4 aromatic rings. The fourth-order valence-corrected chi connectivity index (χ4v) is 2.78. The number of aryl methyl sites for hydroxylation is 2. The monoisotopic (exact) mass is 315 g/mol. The zero-order valence-corrected chi connectivity index (χ0v) is 13.6. The van der Waals surface area contributed by atoms with Gasteiger partial charge >= 0.3 is 0 Å². The third-order valence-corrected chi connectivity index (χ3v) is 3.99. The molecule has 0 amide bonds. The molecule has 0 aliphatic heterocycles. The Labute approximate surface area is 140 Å². The number of pyridine rings is 1. The third-order valence-electron chi connectivity index (χ3n) is 3.99. The van der Waals surface area contributed by atoms with Crippen molar-refractivity contribution in [2.24, 2.45) is 7.05 Å². The average Bonchev–Trinajstić information content (AvgIpc) is 2.96. The predicted molar refractivity (Wildman–Crippen MR) is 95.2 cm³/mol. The van der Waals surface area contributed by atoms with E-state index < -0.39 is 0 Å². The molecular weight excluding hydrogens is 298 g/mol. The highest BCUT2D eigenvalue weighted by atomic mass is 16.5. The van der Waals surface area contributed by atoms with Crippen molar-refractivity contribution in [1.82, 2.24) is 14.8 Å². The second kappa shape index (κ2) is 5.81. The number of hydrogen-bond donors (Lipinski definition) is 0. The van der Waals surface area contributed by atoms with Crippen LogP contribution in [0.5, 0.6) is 11.6 Å². The first-order valence-electron chi connectivity index (χ1n) is 7.83. The first kappa shape index (κ1) is 14.5. The summed E-state index contributed by atoms with van der Waals surface area (Å²) in [5, 5.41) is 5.21. The Kier molecular flexibility index (Phi) is 3.50. The van der Waals surface area contributed by atoms with E-state index in [0.29, 0.717) is 5.88 Å². The van der Waals surface area contributed by atoms with Crippen molar-refractivity contribution in [3.63, 3.8) is 0 Å². The van der Waals surface area contributed by atoms with Crippen molar-refractivity contribution in [2.75, 3.05) is 0 Å². The number of benzene rings is 2. The Bertz CT molecular complexity index is 1020. The predicted octanol–water partition coefficient (Wildman–Crippen LogP) is 4.74. The summed E-state index contributed by atoms with van der Waals surface area (Å²) in [5.41, 5.74) is 4.21. The van der Waals surface area contributed by atoms with E-state index in [2.05, 4.69) is 47.3 Å². The standard InChI is InChI=1S/C20H17N3O/c1-14-6-5-7-15(12-14)17-8-3-4-9-18(17)24-19-11-10-16-13-21-23(2)20(16)22-19/h3-13H,1-2H3. The summed E-state index contributed by atoms with van der Waals surface area (Å²) in [4.78, 5) is 4.56. The number of ether oxygens (including phenoxy) is 1. The van der Waals surface area contributed by atoms with Gasteiger partial charge < -0.3 is 4.74 Å². The van der Waals surface area contributed by atoms with E-state index in [9.17, 15) is 0 Å². The van der Waals surface area contributed by atoms with Gasteiger partial charge in [-0.25, -0.2) is 0 Å². The number of para-hydroxylation sites is 1. The van der Waals surface area contributed by atoms with Gasteiger partial charge in [-0.05, 0) is 24.6 Å². The summed E-state index contributed by atoms with van der Waals surface area (Å²) in [6.07, 6.45) is 1.80. The van der Waals surface area contributed by atoms with Crippen LogP contribution in [0, 0.1) is 6.92 Å². The van der Waals surface area contributed by atoms with Gasteiger partial charge in [0.2, 0.25) is 5.88 Å². The summed E-state index contributed by atoms with van der Waals surface area (Å²) in [7, 11) is 1.87. The van der Waals surface area contributed by atoms with Crippen LogP contribution in [0.4, 0.5) is 0 Å². The van der Waals surface area contributed by atoms with Crippen LogP contribution in [0.1, 0.15) is 5.56 Å². The SMILES string of the molecule is Cc1cccc(-c2ccccc2Oc2ccc3cnn(C)c3n2)c1. The van der Waals surface area contributed by atoms with Gasteiger partial charge in [-0.15, -0.1) is 0 Å². The van der Waals surface area contributed by atoms with Crippen LogP contribution in [-0.4, -0.2) is 14.8 Å². The van der Waals surface area contributed by atoms with Gasteiger partial charge in [0.25, 0.3) is 0 Å². The minimum Gasteiger partial charge on any atom is -0.438 e. The molecule has 2 heterocycles. The summed E-state index contributed by atoms with van der Waals surface area (Å²) >= 11 is 0. The van der Waals surface area contributed by atoms with E-state index in [1.54, 1.807) is 10.9 Å². The summed E-state index contributed by atoms with van der Waals surface area (Å²) < 4.78 is 7.83. The van der Waals surface area contributed by atoms with Gasteiger partial charge in [0.05, 0.1) is 6.20 Å². The smallest absolute Gasteiger partial charge is 0.221 e. The zero-order chi connectivity index (χ0) is 16.5. The minimum atomic E-state index is 0.561. The fourth-order valence-electron chi connectivity index (χ4n) is 2.78. The second-order valence-electron chi connectivity index (χ2n) is 5.80. The molecule has 0 atom stereocenters. The highest BCUT2D eigenvalue weighted by Crippen LogP contribution is 2.33. The van der Waals surface area contributed by atoms with Crippen LogP contribution in [0.2, 0.25) is 0 Å². The second-order valence-corrected chi connectivity index (χ2v) is 5.80. The molecule has 4 heteroatoms. The van der Waals surface area contributed by atoms with Crippen LogP contribution in [0.25, 0.3) is 22.2 Å². The third kappa shape index (κ3) is 2.63. The molecule has 118 valence electrons. The highest BCUT2D eigenvalue weighted by molar-refractivity contribution is 5.75. The minimum absolute atomic E-state index is 0.561. The van der Waals surface area contributed by atoms with Crippen molar-refractivity contribution in [1.29, 1.82) is 0 Å². The Morgan fingerprint density at radius 3 is 2.71 bits per heavy atom. The van der Waals surface area contributed by atoms with E-state index in [4.69, 9.17) is 4.74 Å². The van der Waals surface area contributed by atoms with E-state index in [0.717, 1.165) is 27.9 Å². The number of hydrogen-bond acceptors (Lipinski definition) is 3.